The maximum absolute atomic E-state index is 12.2. The van der Waals surface area contributed by atoms with E-state index in [4.69, 9.17) is 11.6 Å². The second-order valence-electron chi connectivity index (χ2n) is 8.73. The zero-order chi connectivity index (χ0) is 21.1. The van der Waals surface area contributed by atoms with Crippen molar-refractivity contribution < 1.29 is 9.59 Å². The highest BCUT2D eigenvalue weighted by Crippen LogP contribution is 2.58. The summed E-state index contributed by atoms with van der Waals surface area (Å²) < 4.78 is 0. The third kappa shape index (κ3) is 4.93. The molecule has 4 rings (SSSR count). The summed E-state index contributed by atoms with van der Waals surface area (Å²) in [5, 5.41) is 9.69. The van der Waals surface area contributed by atoms with Gasteiger partial charge in [0.2, 0.25) is 0 Å². The molecule has 0 unspecified atom stereocenters. The number of pyridine rings is 1. The van der Waals surface area contributed by atoms with Gasteiger partial charge in [-0.15, -0.1) is 0 Å². The highest BCUT2D eigenvalue weighted by molar-refractivity contribution is 6.30. The molecule has 2 aromatic rings. The summed E-state index contributed by atoms with van der Waals surface area (Å²) in [7, 11) is 0. The minimum absolute atomic E-state index is 0.0352. The van der Waals surface area contributed by atoms with Crippen LogP contribution in [0, 0.1) is 18.3 Å². The second-order valence-corrected chi connectivity index (χ2v) is 9.17. The van der Waals surface area contributed by atoms with E-state index < -0.39 is 0 Å². The van der Waals surface area contributed by atoms with Crippen LogP contribution in [0.2, 0.25) is 5.02 Å². The highest BCUT2D eigenvalue weighted by atomic mass is 35.5. The Morgan fingerprint density at radius 2 is 1.83 bits per heavy atom. The van der Waals surface area contributed by atoms with E-state index in [1.165, 1.54) is 0 Å². The molecule has 1 aromatic carbocycles. The van der Waals surface area contributed by atoms with E-state index in [-0.39, 0.29) is 18.0 Å². The van der Waals surface area contributed by atoms with Crippen molar-refractivity contribution in [2.75, 3.05) is 6.54 Å². The molecule has 3 amide bonds. The van der Waals surface area contributed by atoms with Crippen LogP contribution in [0.15, 0.2) is 42.6 Å². The lowest BCUT2D eigenvalue weighted by atomic mass is 9.50. The van der Waals surface area contributed by atoms with Crippen molar-refractivity contribution in [2.24, 2.45) is 11.3 Å². The van der Waals surface area contributed by atoms with Crippen molar-refractivity contribution in [3.63, 3.8) is 0 Å². The average molecular weight is 427 g/mol. The zero-order valence-electron chi connectivity index (χ0n) is 17.1. The number of aromatic nitrogens is 1. The number of rotatable bonds is 6. The van der Waals surface area contributed by atoms with Crippen LogP contribution in [-0.4, -0.2) is 29.5 Å². The summed E-state index contributed by atoms with van der Waals surface area (Å²) in [5.41, 5.74) is 2.88. The lowest BCUT2D eigenvalue weighted by molar-refractivity contribution is -0.0444. The van der Waals surface area contributed by atoms with Crippen molar-refractivity contribution in [1.29, 1.82) is 0 Å². The summed E-state index contributed by atoms with van der Waals surface area (Å²) in [5.74, 6) is 0.489. The molecule has 7 heteroatoms. The molecule has 2 aliphatic carbocycles. The fraction of sp³-hybridized carbons (Fsp3) is 0.435. The summed E-state index contributed by atoms with van der Waals surface area (Å²) in [6, 6.07) is 11.1. The number of hydrogen-bond donors (Lipinski definition) is 3. The molecule has 158 valence electrons. The first-order valence-corrected chi connectivity index (χ1v) is 10.8. The summed E-state index contributed by atoms with van der Waals surface area (Å²) in [4.78, 5) is 28.5. The first-order valence-electron chi connectivity index (χ1n) is 10.4. The van der Waals surface area contributed by atoms with Crippen molar-refractivity contribution in [3.05, 3.63) is 64.4 Å². The third-order valence-electron chi connectivity index (χ3n) is 6.21. The Kier molecular flexibility index (Phi) is 5.95. The van der Waals surface area contributed by atoms with Crippen LogP contribution in [0.4, 0.5) is 4.79 Å². The zero-order valence-corrected chi connectivity index (χ0v) is 17.8. The summed E-state index contributed by atoms with van der Waals surface area (Å²) in [6.07, 6.45) is 5.95. The average Bonchev–Trinajstić information content (AvgIpc) is 2.67. The number of aryl methyl sites for hydroxylation is 1. The number of halogens is 1. The van der Waals surface area contributed by atoms with Crippen LogP contribution in [0.1, 0.15) is 47.3 Å². The monoisotopic (exact) mass is 426 g/mol. The van der Waals surface area contributed by atoms with Crippen LogP contribution in [0.3, 0.4) is 0 Å². The van der Waals surface area contributed by atoms with Gasteiger partial charge in [-0.1, -0.05) is 23.7 Å². The van der Waals surface area contributed by atoms with E-state index in [0.29, 0.717) is 35.0 Å². The van der Waals surface area contributed by atoms with Crippen molar-refractivity contribution >= 4 is 23.5 Å². The molecule has 2 saturated carbocycles. The number of urea groups is 1. The summed E-state index contributed by atoms with van der Waals surface area (Å²) in [6.45, 7) is 3.08. The molecule has 2 aliphatic rings. The number of carbonyl (C=O) groups is 2. The minimum atomic E-state index is -0.124. The fourth-order valence-electron chi connectivity index (χ4n) is 4.78. The smallest absolute Gasteiger partial charge is 0.315 e. The van der Waals surface area contributed by atoms with Gasteiger partial charge in [-0.25, -0.2) is 4.79 Å². The topological polar surface area (TPSA) is 83.1 Å². The lowest BCUT2D eigenvalue weighted by Gasteiger charge is -2.58. The molecule has 6 nitrogen and oxygen atoms in total. The van der Waals surface area contributed by atoms with E-state index in [1.807, 2.05) is 31.2 Å². The second kappa shape index (κ2) is 8.64. The van der Waals surface area contributed by atoms with Gasteiger partial charge in [-0.05, 0) is 73.8 Å². The maximum atomic E-state index is 12.2. The van der Waals surface area contributed by atoms with Gasteiger partial charge in [-0.2, -0.15) is 0 Å². The molecule has 3 N–H and O–H groups in total. The number of nitrogens with one attached hydrogen (secondary N) is 3. The molecule has 0 bridgehead atoms. The molecule has 1 spiro atoms. The normalized spacial score (nSPS) is 24.5. The van der Waals surface area contributed by atoms with Crippen molar-refractivity contribution in [1.82, 2.24) is 20.9 Å². The Morgan fingerprint density at radius 3 is 2.53 bits per heavy atom. The van der Waals surface area contributed by atoms with Gasteiger partial charge >= 0.3 is 6.03 Å². The SMILES string of the molecule is Cc1cc(C(=O)NCC2CC3(C2)CC(NC(=O)NCc2ccc(Cl)cc2)C3)ccn1. The molecule has 2 fully saturated rings. The van der Waals surface area contributed by atoms with E-state index in [2.05, 4.69) is 20.9 Å². The Bertz CT molecular complexity index is 917. The van der Waals surface area contributed by atoms with Gasteiger partial charge in [0, 0.05) is 41.6 Å². The molecular formula is C23H27ClN4O2. The van der Waals surface area contributed by atoms with Gasteiger partial charge < -0.3 is 16.0 Å². The number of benzene rings is 1. The molecule has 0 atom stereocenters. The molecule has 1 aromatic heterocycles. The highest BCUT2D eigenvalue weighted by Gasteiger charge is 2.52. The van der Waals surface area contributed by atoms with Gasteiger partial charge in [0.1, 0.15) is 0 Å². The van der Waals surface area contributed by atoms with E-state index in [0.717, 1.165) is 36.9 Å². The first kappa shape index (κ1) is 20.7. The van der Waals surface area contributed by atoms with Crippen molar-refractivity contribution in [3.8, 4) is 0 Å². The number of carbonyl (C=O) groups excluding carboxylic acids is 2. The Balaban J connectivity index is 1.11. The largest absolute Gasteiger partial charge is 0.352 e. The standard InChI is InChI=1S/C23H27ClN4O2/c1-15-8-18(6-7-25-15)21(29)26-14-17-9-23(10-17)11-20(12-23)28-22(30)27-13-16-2-4-19(24)5-3-16/h2-8,17,20H,9-14H2,1H3,(H,26,29)(H2,27,28,30). The van der Waals surface area contributed by atoms with Crippen LogP contribution >= 0.6 is 11.6 Å². The number of amides is 3. The fourth-order valence-corrected chi connectivity index (χ4v) is 4.90. The first-order chi connectivity index (χ1) is 14.4. The minimum Gasteiger partial charge on any atom is -0.352 e. The molecule has 0 radical (unpaired) electrons. The predicted molar refractivity (Wildman–Crippen MR) is 116 cm³/mol. The Morgan fingerprint density at radius 1 is 1.10 bits per heavy atom. The van der Waals surface area contributed by atoms with Crippen LogP contribution < -0.4 is 16.0 Å². The van der Waals surface area contributed by atoms with E-state index in [1.54, 1.807) is 18.3 Å². The number of nitrogens with zero attached hydrogens (tertiary/aromatic N) is 1. The van der Waals surface area contributed by atoms with Gasteiger partial charge in [-0.3, -0.25) is 9.78 Å². The van der Waals surface area contributed by atoms with Gasteiger partial charge in [0.05, 0.1) is 0 Å². The third-order valence-corrected chi connectivity index (χ3v) is 6.47. The van der Waals surface area contributed by atoms with E-state index >= 15 is 0 Å². The Labute approximate surface area is 181 Å². The molecule has 0 aliphatic heterocycles. The predicted octanol–water partition coefficient (Wildman–Crippen LogP) is 3.83. The molecule has 1 heterocycles. The Hall–Kier alpha value is -2.60. The van der Waals surface area contributed by atoms with Crippen LogP contribution in [-0.2, 0) is 6.54 Å². The van der Waals surface area contributed by atoms with Crippen LogP contribution in [0.25, 0.3) is 0 Å². The van der Waals surface area contributed by atoms with Gasteiger partial charge in [0.25, 0.3) is 5.91 Å². The maximum Gasteiger partial charge on any atom is 0.315 e. The molecule has 0 saturated heterocycles. The molecular weight excluding hydrogens is 400 g/mol. The van der Waals surface area contributed by atoms with E-state index in [9.17, 15) is 9.59 Å². The number of hydrogen-bond acceptors (Lipinski definition) is 3. The lowest BCUT2D eigenvalue weighted by Crippen LogP contribution is -2.58. The quantitative estimate of drug-likeness (QED) is 0.656. The summed E-state index contributed by atoms with van der Waals surface area (Å²) >= 11 is 5.87. The molecule has 30 heavy (non-hydrogen) atoms. The van der Waals surface area contributed by atoms with Crippen LogP contribution in [0.5, 0.6) is 0 Å². The van der Waals surface area contributed by atoms with Gasteiger partial charge in [0.15, 0.2) is 0 Å². The van der Waals surface area contributed by atoms with Crippen molar-refractivity contribution in [2.45, 2.75) is 45.2 Å².